The van der Waals surface area contributed by atoms with Crippen molar-refractivity contribution in [2.24, 2.45) is 0 Å². The molecule has 0 bridgehead atoms. The first-order valence-corrected chi connectivity index (χ1v) is 6.50. The molecule has 0 heterocycles. The van der Waals surface area contributed by atoms with Gasteiger partial charge in [0, 0.05) is 17.2 Å². The van der Waals surface area contributed by atoms with Crippen LogP contribution in [-0.2, 0) is 0 Å². The van der Waals surface area contributed by atoms with Crippen LogP contribution >= 0.6 is 0 Å². The lowest BCUT2D eigenvalue weighted by Gasteiger charge is -2.08. The fourth-order valence-corrected chi connectivity index (χ4v) is 1.85. The number of carbonyl (C=O) groups excluding carboxylic acids is 2. The van der Waals surface area contributed by atoms with E-state index in [-0.39, 0.29) is 16.8 Å². The number of nitrogens with one attached hydrogen (secondary N) is 2. The zero-order valence-electron chi connectivity index (χ0n) is 12.0. The fourth-order valence-electron chi connectivity index (χ4n) is 1.85. The molecule has 7 nitrogen and oxygen atoms in total. The first kappa shape index (κ1) is 16.1. The van der Waals surface area contributed by atoms with Gasteiger partial charge in [-0.3, -0.25) is 30.6 Å². The molecule has 2 aromatic carbocycles. The van der Waals surface area contributed by atoms with E-state index in [4.69, 9.17) is 0 Å². The number of halogens is 1. The molecule has 0 aliphatic rings. The molecular formula is C15H12FN3O4. The van der Waals surface area contributed by atoms with Gasteiger partial charge in [0.15, 0.2) is 0 Å². The molecule has 0 aliphatic heterocycles. The summed E-state index contributed by atoms with van der Waals surface area (Å²) in [6, 6.07) is 9.17. The molecule has 2 N–H and O–H groups in total. The van der Waals surface area contributed by atoms with Gasteiger partial charge in [-0.15, -0.1) is 0 Å². The first-order valence-electron chi connectivity index (χ1n) is 6.50. The van der Waals surface area contributed by atoms with Gasteiger partial charge in [-0.05, 0) is 25.1 Å². The van der Waals surface area contributed by atoms with Crippen LogP contribution in [0.2, 0.25) is 0 Å². The Kier molecular flexibility index (Phi) is 4.65. The van der Waals surface area contributed by atoms with E-state index < -0.39 is 22.6 Å². The zero-order valence-corrected chi connectivity index (χ0v) is 12.0. The van der Waals surface area contributed by atoms with Gasteiger partial charge < -0.3 is 0 Å². The van der Waals surface area contributed by atoms with Crippen molar-refractivity contribution in [3.05, 3.63) is 75.1 Å². The van der Waals surface area contributed by atoms with Crippen LogP contribution < -0.4 is 10.9 Å². The Morgan fingerprint density at radius 2 is 1.74 bits per heavy atom. The molecule has 2 rings (SSSR count). The van der Waals surface area contributed by atoms with Crippen LogP contribution in [0, 0.1) is 22.9 Å². The molecule has 0 aromatic heterocycles. The third-order valence-electron chi connectivity index (χ3n) is 3.08. The average molecular weight is 317 g/mol. The van der Waals surface area contributed by atoms with Crippen LogP contribution in [0.5, 0.6) is 0 Å². The van der Waals surface area contributed by atoms with E-state index in [2.05, 4.69) is 10.9 Å². The summed E-state index contributed by atoms with van der Waals surface area (Å²) in [5.41, 5.74) is 4.09. The van der Waals surface area contributed by atoms with Gasteiger partial charge in [0.1, 0.15) is 5.82 Å². The smallest absolute Gasteiger partial charge is 0.267 e. The molecule has 0 spiro atoms. The lowest BCUT2D eigenvalue weighted by atomic mass is 10.1. The number of benzene rings is 2. The topological polar surface area (TPSA) is 101 Å². The Morgan fingerprint density at radius 3 is 2.39 bits per heavy atom. The largest absolute Gasteiger partial charge is 0.273 e. The standard InChI is InChI=1S/C15H12FN3O4/c1-9-6-7-10(8-13(9)19(22)23)14(20)17-18-15(21)11-4-2-3-5-12(11)16/h2-8H,1H3,(H,17,20)(H,18,21). The monoisotopic (exact) mass is 317 g/mol. The van der Waals surface area contributed by atoms with Crippen molar-refractivity contribution < 1.29 is 18.9 Å². The van der Waals surface area contributed by atoms with Gasteiger partial charge in [-0.25, -0.2) is 4.39 Å². The van der Waals surface area contributed by atoms with Crippen molar-refractivity contribution in [2.75, 3.05) is 0 Å². The van der Waals surface area contributed by atoms with E-state index in [1.165, 1.54) is 30.3 Å². The van der Waals surface area contributed by atoms with Crippen molar-refractivity contribution in [1.82, 2.24) is 10.9 Å². The van der Waals surface area contributed by atoms with Crippen molar-refractivity contribution in [1.29, 1.82) is 0 Å². The van der Waals surface area contributed by atoms with E-state index in [1.54, 1.807) is 6.92 Å². The van der Waals surface area contributed by atoms with E-state index >= 15 is 0 Å². The van der Waals surface area contributed by atoms with Gasteiger partial charge in [0.2, 0.25) is 0 Å². The van der Waals surface area contributed by atoms with E-state index in [0.717, 1.165) is 12.1 Å². The summed E-state index contributed by atoms with van der Waals surface area (Å²) in [6.45, 7) is 1.54. The highest BCUT2D eigenvalue weighted by molar-refractivity contribution is 5.99. The van der Waals surface area contributed by atoms with Gasteiger partial charge in [-0.1, -0.05) is 18.2 Å². The highest BCUT2D eigenvalue weighted by Gasteiger charge is 2.16. The van der Waals surface area contributed by atoms with E-state index in [9.17, 15) is 24.1 Å². The maximum atomic E-state index is 13.4. The molecule has 2 aromatic rings. The minimum Gasteiger partial charge on any atom is -0.267 e. The Bertz CT molecular complexity index is 792. The SMILES string of the molecule is Cc1ccc(C(=O)NNC(=O)c2ccccc2F)cc1[N+](=O)[O-]. The molecule has 0 saturated heterocycles. The van der Waals surface area contributed by atoms with E-state index in [1.807, 2.05) is 0 Å². The molecule has 0 atom stereocenters. The molecule has 118 valence electrons. The number of carbonyl (C=O) groups is 2. The minimum atomic E-state index is -0.835. The summed E-state index contributed by atoms with van der Waals surface area (Å²) in [5, 5.41) is 10.8. The summed E-state index contributed by atoms with van der Waals surface area (Å²) >= 11 is 0. The molecule has 8 heteroatoms. The Morgan fingerprint density at radius 1 is 1.09 bits per heavy atom. The summed E-state index contributed by atoms with van der Waals surface area (Å²) in [5.74, 6) is -2.32. The molecule has 0 saturated carbocycles. The first-order chi connectivity index (χ1) is 10.9. The Hall–Kier alpha value is -3.29. The molecular weight excluding hydrogens is 305 g/mol. The molecule has 23 heavy (non-hydrogen) atoms. The number of amides is 2. The second kappa shape index (κ2) is 6.65. The Labute approximate surface area is 130 Å². The van der Waals surface area contributed by atoms with Crippen LogP contribution in [0.15, 0.2) is 42.5 Å². The molecule has 2 amide bonds. The molecule has 0 aliphatic carbocycles. The van der Waals surface area contributed by atoms with Gasteiger partial charge in [0.25, 0.3) is 17.5 Å². The molecule has 0 fully saturated rings. The second-order valence-corrected chi connectivity index (χ2v) is 4.65. The number of nitro groups is 1. The van der Waals surface area contributed by atoms with Crippen molar-refractivity contribution in [2.45, 2.75) is 6.92 Å². The predicted octanol–water partition coefficient (Wildman–Crippen LogP) is 2.12. The quantitative estimate of drug-likeness (QED) is 0.668. The van der Waals surface area contributed by atoms with Crippen LogP contribution in [0.4, 0.5) is 10.1 Å². The second-order valence-electron chi connectivity index (χ2n) is 4.65. The van der Waals surface area contributed by atoms with Gasteiger partial charge >= 0.3 is 0 Å². The lowest BCUT2D eigenvalue weighted by molar-refractivity contribution is -0.385. The van der Waals surface area contributed by atoms with Crippen LogP contribution in [-0.4, -0.2) is 16.7 Å². The fraction of sp³-hybridized carbons (Fsp3) is 0.0667. The normalized spacial score (nSPS) is 10.0. The number of rotatable bonds is 3. The summed E-state index contributed by atoms with van der Waals surface area (Å²) < 4.78 is 13.4. The van der Waals surface area contributed by atoms with Gasteiger partial charge in [-0.2, -0.15) is 0 Å². The number of nitrogens with zero attached hydrogens (tertiary/aromatic N) is 1. The van der Waals surface area contributed by atoms with E-state index in [0.29, 0.717) is 5.56 Å². The predicted molar refractivity (Wildman–Crippen MR) is 79.2 cm³/mol. The summed E-state index contributed by atoms with van der Waals surface area (Å²) in [6.07, 6.45) is 0. The third kappa shape index (κ3) is 3.67. The maximum absolute atomic E-state index is 13.4. The zero-order chi connectivity index (χ0) is 17.0. The van der Waals surface area contributed by atoms with Gasteiger partial charge in [0.05, 0.1) is 10.5 Å². The van der Waals surface area contributed by atoms with Crippen molar-refractivity contribution >= 4 is 17.5 Å². The van der Waals surface area contributed by atoms with Crippen molar-refractivity contribution in [3.8, 4) is 0 Å². The van der Waals surface area contributed by atoms with Crippen LogP contribution in [0.3, 0.4) is 0 Å². The average Bonchev–Trinajstić information content (AvgIpc) is 2.52. The number of hydrogen-bond acceptors (Lipinski definition) is 4. The summed E-state index contributed by atoms with van der Waals surface area (Å²) in [7, 11) is 0. The molecule has 0 radical (unpaired) electrons. The highest BCUT2D eigenvalue weighted by atomic mass is 19.1. The molecule has 0 unspecified atom stereocenters. The number of aryl methyl sites for hydroxylation is 1. The number of hydrazine groups is 1. The number of hydrogen-bond donors (Lipinski definition) is 2. The third-order valence-corrected chi connectivity index (χ3v) is 3.08. The van der Waals surface area contributed by atoms with Crippen LogP contribution in [0.1, 0.15) is 26.3 Å². The lowest BCUT2D eigenvalue weighted by Crippen LogP contribution is -2.41. The van der Waals surface area contributed by atoms with Crippen molar-refractivity contribution in [3.63, 3.8) is 0 Å². The Balaban J connectivity index is 2.08. The highest BCUT2D eigenvalue weighted by Crippen LogP contribution is 2.19. The summed E-state index contributed by atoms with van der Waals surface area (Å²) in [4.78, 5) is 33.9. The van der Waals surface area contributed by atoms with Crippen LogP contribution in [0.25, 0.3) is 0 Å². The minimum absolute atomic E-state index is 0.00358. The number of nitro benzene ring substituents is 1. The maximum Gasteiger partial charge on any atom is 0.273 e.